The molecule has 0 unspecified atom stereocenters. The second kappa shape index (κ2) is 5.91. The minimum absolute atomic E-state index is 0.294. The number of carbonyl (C=O) groups is 2. The maximum absolute atomic E-state index is 12.2. The van der Waals surface area contributed by atoms with Crippen molar-refractivity contribution in [1.82, 2.24) is 9.88 Å². The van der Waals surface area contributed by atoms with Crippen molar-refractivity contribution in [2.24, 2.45) is 0 Å². The van der Waals surface area contributed by atoms with Gasteiger partial charge in [0.15, 0.2) is 0 Å². The summed E-state index contributed by atoms with van der Waals surface area (Å²) in [6, 6.07) is 3.17. The molecule has 2 N–H and O–H groups in total. The van der Waals surface area contributed by atoms with Gasteiger partial charge in [0.2, 0.25) is 0 Å². The highest BCUT2D eigenvalue weighted by Gasteiger charge is 2.25. The van der Waals surface area contributed by atoms with Crippen molar-refractivity contribution in [1.29, 1.82) is 0 Å². The molecule has 1 atom stereocenters. The Balaban J connectivity index is 2.06. The number of carbonyl (C=O) groups excluding carboxylic acids is 1. The average Bonchev–Trinajstić information content (AvgIpc) is 2.74. The third-order valence-corrected chi connectivity index (χ3v) is 3.66. The zero-order chi connectivity index (χ0) is 13.8. The lowest BCUT2D eigenvalue weighted by molar-refractivity contribution is -0.139. The minimum atomic E-state index is -0.975. The standard InChI is InChI=1S/C14H20N2O3/c1-2-5-11(14(18)19)15-13(17)12-8-4-9-16(12)10-6-3-7-10/h4,8-11H,2-3,5-7H2,1H3,(H,15,17)(H,18,19)/t11-/m1/s1. The monoisotopic (exact) mass is 264 g/mol. The molecular formula is C14H20N2O3. The van der Waals surface area contributed by atoms with E-state index in [1.165, 1.54) is 6.42 Å². The Hall–Kier alpha value is -1.78. The fraction of sp³-hybridized carbons (Fsp3) is 0.571. The average molecular weight is 264 g/mol. The van der Waals surface area contributed by atoms with E-state index in [-0.39, 0.29) is 5.91 Å². The van der Waals surface area contributed by atoms with Crippen molar-refractivity contribution in [2.45, 2.75) is 51.1 Å². The zero-order valence-electron chi connectivity index (χ0n) is 11.1. The molecule has 1 aliphatic carbocycles. The molecule has 1 fully saturated rings. The van der Waals surface area contributed by atoms with Crippen LogP contribution in [0.3, 0.4) is 0 Å². The van der Waals surface area contributed by atoms with Gasteiger partial charge >= 0.3 is 5.97 Å². The predicted molar refractivity (Wildman–Crippen MR) is 71.1 cm³/mol. The number of nitrogens with zero attached hydrogens (tertiary/aromatic N) is 1. The van der Waals surface area contributed by atoms with Crippen molar-refractivity contribution < 1.29 is 14.7 Å². The van der Waals surface area contributed by atoms with Gasteiger partial charge in [-0.25, -0.2) is 4.79 Å². The highest BCUT2D eigenvalue weighted by molar-refractivity contribution is 5.95. The second-order valence-electron chi connectivity index (χ2n) is 5.04. The third-order valence-electron chi connectivity index (χ3n) is 3.66. The Morgan fingerprint density at radius 1 is 1.53 bits per heavy atom. The van der Waals surface area contributed by atoms with Gasteiger partial charge in [0, 0.05) is 12.2 Å². The fourth-order valence-electron chi connectivity index (χ4n) is 2.35. The van der Waals surface area contributed by atoms with Crippen molar-refractivity contribution in [3.05, 3.63) is 24.0 Å². The van der Waals surface area contributed by atoms with Crippen molar-refractivity contribution in [3.63, 3.8) is 0 Å². The van der Waals surface area contributed by atoms with E-state index in [0.29, 0.717) is 18.2 Å². The van der Waals surface area contributed by atoms with Crippen LogP contribution < -0.4 is 5.32 Å². The number of carboxylic acid groups (broad SMARTS) is 1. The van der Waals surface area contributed by atoms with Crippen LogP contribution in [0.2, 0.25) is 0 Å². The van der Waals surface area contributed by atoms with E-state index < -0.39 is 12.0 Å². The lowest BCUT2D eigenvalue weighted by atomic mass is 9.93. The maximum atomic E-state index is 12.2. The van der Waals surface area contributed by atoms with E-state index in [1.54, 1.807) is 6.07 Å². The molecule has 0 aliphatic heterocycles. The number of aliphatic carboxylic acids is 1. The molecule has 1 aliphatic rings. The van der Waals surface area contributed by atoms with E-state index in [1.807, 2.05) is 23.8 Å². The number of hydrogen-bond acceptors (Lipinski definition) is 2. The van der Waals surface area contributed by atoms with Gasteiger partial charge < -0.3 is 15.0 Å². The lowest BCUT2D eigenvalue weighted by Gasteiger charge is -2.29. The summed E-state index contributed by atoms with van der Waals surface area (Å²) in [6.45, 7) is 1.90. The van der Waals surface area contributed by atoms with Crippen LogP contribution in [0.15, 0.2) is 18.3 Å². The number of rotatable bonds is 6. The molecule has 1 aromatic rings. The van der Waals surface area contributed by atoms with Crippen LogP contribution in [0.5, 0.6) is 0 Å². The maximum Gasteiger partial charge on any atom is 0.326 e. The Labute approximate surface area is 112 Å². The molecule has 1 aromatic heterocycles. The van der Waals surface area contributed by atoms with Crippen LogP contribution in [0.25, 0.3) is 0 Å². The molecule has 1 saturated carbocycles. The molecule has 1 amide bonds. The first kappa shape index (κ1) is 13.6. The molecular weight excluding hydrogens is 244 g/mol. The van der Waals surface area contributed by atoms with E-state index in [0.717, 1.165) is 19.3 Å². The molecule has 0 bridgehead atoms. The van der Waals surface area contributed by atoms with Crippen LogP contribution in [0.4, 0.5) is 0 Å². The van der Waals surface area contributed by atoms with Crippen LogP contribution >= 0.6 is 0 Å². The minimum Gasteiger partial charge on any atom is -0.480 e. The van der Waals surface area contributed by atoms with Gasteiger partial charge in [-0.1, -0.05) is 13.3 Å². The second-order valence-corrected chi connectivity index (χ2v) is 5.04. The summed E-state index contributed by atoms with van der Waals surface area (Å²) < 4.78 is 1.96. The van der Waals surface area contributed by atoms with Gasteiger partial charge in [-0.15, -0.1) is 0 Å². The Morgan fingerprint density at radius 3 is 2.79 bits per heavy atom. The van der Waals surface area contributed by atoms with Gasteiger partial charge in [0.05, 0.1) is 0 Å². The van der Waals surface area contributed by atoms with Gasteiger partial charge in [0.1, 0.15) is 11.7 Å². The molecule has 104 valence electrons. The molecule has 5 nitrogen and oxygen atoms in total. The van der Waals surface area contributed by atoms with Crippen LogP contribution in [-0.2, 0) is 4.79 Å². The summed E-state index contributed by atoms with van der Waals surface area (Å²) in [6.07, 6.45) is 6.44. The van der Waals surface area contributed by atoms with E-state index in [9.17, 15) is 9.59 Å². The number of carboxylic acids is 1. The van der Waals surface area contributed by atoms with Gasteiger partial charge in [0.25, 0.3) is 5.91 Å². The van der Waals surface area contributed by atoms with Crippen molar-refractivity contribution in [3.8, 4) is 0 Å². The Bertz CT molecular complexity index is 463. The first-order chi connectivity index (χ1) is 9.13. The molecule has 0 aromatic carbocycles. The molecule has 0 saturated heterocycles. The van der Waals surface area contributed by atoms with Crippen LogP contribution in [0, 0.1) is 0 Å². The smallest absolute Gasteiger partial charge is 0.326 e. The first-order valence-corrected chi connectivity index (χ1v) is 6.84. The van der Waals surface area contributed by atoms with E-state index in [2.05, 4.69) is 5.32 Å². The Kier molecular flexibility index (Phi) is 4.24. The number of aromatic nitrogens is 1. The molecule has 0 spiro atoms. The lowest BCUT2D eigenvalue weighted by Crippen LogP contribution is -2.41. The van der Waals surface area contributed by atoms with E-state index in [4.69, 9.17) is 5.11 Å². The summed E-state index contributed by atoms with van der Waals surface area (Å²) in [5, 5.41) is 11.7. The molecule has 5 heteroatoms. The van der Waals surface area contributed by atoms with Crippen LogP contribution in [-0.4, -0.2) is 27.6 Å². The largest absolute Gasteiger partial charge is 0.480 e. The summed E-state index contributed by atoms with van der Waals surface area (Å²) in [5.74, 6) is -1.27. The van der Waals surface area contributed by atoms with Gasteiger partial charge in [-0.05, 0) is 37.8 Å². The fourth-order valence-corrected chi connectivity index (χ4v) is 2.35. The molecule has 2 rings (SSSR count). The highest BCUT2D eigenvalue weighted by Crippen LogP contribution is 2.32. The zero-order valence-corrected chi connectivity index (χ0v) is 11.1. The van der Waals surface area contributed by atoms with Crippen molar-refractivity contribution >= 4 is 11.9 Å². The van der Waals surface area contributed by atoms with E-state index >= 15 is 0 Å². The normalized spacial score (nSPS) is 16.7. The summed E-state index contributed by atoms with van der Waals surface area (Å²) in [4.78, 5) is 23.2. The number of hydrogen-bond donors (Lipinski definition) is 2. The quantitative estimate of drug-likeness (QED) is 0.827. The number of amides is 1. The summed E-state index contributed by atoms with van der Waals surface area (Å²) >= 11 is 0. The van der Waals surface area contributed by atoms with Gasteiger partial charge in [-0.3, -0.25) is 4.79 Å². The topological polar surface area (TPSA) is 71.3 Å². The third kappa shape index (κ3) is 2.97. The molecule has 1 heterocycles. The predicted octanol–water partition coefficient (Wildman–Crippen LogP) is 2.20. The number of nitrogens with one attached hydrogen (secondary N) is 1. The summed E-state index contributed by atoms with van der Waals surface area (Å²) in [5.41, 5.74) is 0.562. The SMILES string of the molecule is CCC[C@@H](NC(=O)c1cccn1C1CCC1)C(=O)O. The molecule has 19 heavy (non-hydrogen) atoms. The van der Waals surface area contributed by atoms with Crippen LogP contribution in [0.1, 0.15) is 55.6 Å². The Morgan fingerprint density at radius 2 is 2.26 bits per heavy atom. The van der Waals surface area contributed by atoms with Gasteiger partial charge in [-0.2, -0.15) is 0 Å². The summed E-state index contributed by atoms with van der Waals surface area (Å²) in [7, 11) is 0. The first-order valence-electron chi connectivity index (χ1n) is 6.84. The van der Waals surface area contributed by atoms with Crippen molar-refractivity contribution in [2.75, 3.05) is 0 Å². The molecule has 0 radical (unpaired) electrons. The highest BCUT2D eigenvalue weighted by atomic mass is 16.4.